The lowest BCUT2D eigenvalue weighted by atomic mass is 10.1. The van der Waals surface area contributed by atoms with Crippen LogP contribution < -0.4 is 11.1 Å². The number of benzene rings is 1. The summed E-state index contributed by atoms with van der Waals surface area (Å²) < 4.78 is 0. The summed E-state index contributed by atoms with van der Waals surface area (Å²) in [5.41, 5.74) is 8.01. The molecular weight excluding hydrogens is 236 g/mol. The Labute approximate surface area is 114 Å². The number of hydrogen-bond donors (Lipinski definition) is 2. The highest BCUT2D eigenvalue weighted by Crippen LogP contribution is 2.27. The quantitative estimate of drug-likeness (QED) is 0.782. The summed E-state index contributed by atoms with van der Waals surface area (Å²) in [6, 6.07) is 6.04. The van der Waals surface area contributed by atoms with Gasteiger partial charge < -0.3 is 16.0 Å². The highest BCUT2D eigenvalue weighted by Gasteiger charge is 2.04. The average Bonchev–Trinajstić information content (AvgIpc) is 2.46. The van der Waals surface area contributed by atoms with Crippen molar-refractivity contribution < 1.29 is 0 Å². The van der Waals surface area contributed by atoms with Gasteiger partial charge in [-0.3, -0.25) is 4.98 Å². The molecule has 0 aliphatic carbocycles. The fourth-order valence-corrected chi connectivity index (χ4v) is 2.24. The summed E-state index contributed by atoms with van der Waals surface area (Å²) in [6.07, 6.45) is 3.61. The number of nitrogens with zero attached hydrogens (tertiary/aromatic N) is 2. The van der Waals surface area contributed by atoms with Crippen molar-refractivity contribution in [2.24, 2.45) is 0 Å². The molecule has 0 amide bonds. The highest BCUT2D eigenvalue weighted by atomic mass is 15.1. The molecule has 0 radical (unpaired) electrons. The topological polar surface area (TPSA) is 54.2 Å². The largest absolute Gasteiger partial charge is 0.397 e. The van der Waals surface area contributed by atoms with E-state index in [0.717, 1.165) is 48.3 Å². The zero-order valence-corrected chi connectivity index (χ0v) is 11.7. The number of anilines is 2. The fraction of sp³-hybridized carbons (Fsp3) is 0.400. The lowest BCUT2D eigenvalue weighted by Gasteiger charge is -2.19. The molecule has 1 heterocycles. The van der Waals surface area contributed by atoms with Crippen molar-refractivity contribution in [3.8, 4) is 0 Å². The van der Waals surface area contributed by atoms with Gasteiger partial charge in [-0.2, -0.15) is 0 Å². The molecule has 102 valence electrons. The van der Waals surface area contributed by atoms with Gasteiger partial charge in [0.2, 0.25) is 0 Å². The van der Waals surface area contributed by atoms with Crippen LogP contribution in [0.25, 0.3) is 10.8 Å². The van der Waals surface area contributed by atoms with Crippen LogP contribution in [0.15, 0.2) is 30.6 Å². The maximum absolute atomic E-state index is 6.20. The highest BCUT2D eigenvalue weighted by molar-refractivity contribution is 5.98. The van der Waals surface area contributed by atoms with Crippen molar-refractivity contribution in [3.63, 3.8) is 0 Å². The fourth-order valence-electron chi connectivity index (χ4n) is 2.24. The van der Waals surface area contributed by atoms with Gasteiger partial charge in [0.25, 0.3) is 0 Å². The van der Waals surface area contributed by atoms with Crippen molar-refractivity contribution >= 4 is 22.1 Å². The molecule has 0 bridgehead atoms. The Bertz CT molecular complexity index is 535. The molecule has 1 aromatic carbocycles. The van der Waals surface area contributed by atoms with E-state index in [0.29, 0.717) is 0 Å². The van der Waals surface area contributed by atoms with E-state index in [2.05, 4.69) is 35.1 Å². The molecule has 0 spiro atoms. The number of nitrogens with two attached hydrogens (primary N) is 1. The molecular formula is C15H22N4. The Morgan fingerprint density at radius 1 is 1.21 bits per heavy atom. The second-order valence-electron chi connectivity index (χ2n) is 4.58. The van der Waals surface area contributed by atoms with Crippen molar-refractivity contribution in [2.45, 2.75) is 13.8 Å². The summed E-state index contributed by atoms with van der Waals surface area (Å²) >= 11 is 0. The Kier molecular flexibility index (Phi) is 4.58. The van der Waals surface area contributed by atoms with Crippen LogP contribution in [0.5, 0.6) is 0 Å². The van der Waals surface area contributed by atoms with Gasteiger partial charge in [-0.1, -0.05) is 19.9 Å². The second kappa shape index (κ2) is 6.38. The molecule has 0 unspecified atom stereocenters. The smallest absolute Gasteiger partial charge is 0.0630 e. The molecule has 1 aromatic heterocycles. The minimum absolute atomic E-state index is 0.805. The number of aromatic nitrogens is 1. The Hall–Kier alpha value is -1.81. The monoisotopic (exact) mass is 258 g/mol. The zero-order chi connectivity index (χ0) is 13.7. The maximum atomic E-state index is 6.20. The van der Waals surface area contributed by atoms with E-state index in [4.69, 9.17) is 5.73 Å². The van der Waals surface area contributed by atoms with E-state index < -0.39 is 0 Å². The molecule has 3 N–H and O–H groups in total. The first-order valence-electron chi connectivity index (χ1n) is 6.84. The van der Waals surface area contributed by atoms with Crippen LogP contribution >= 0.6 is 0 Å². The van der Waals surface area contributed by atoms with E-state index in [1.54, 1.807) is 6.20 Å². The number of nitrogen functional groups attached to an aromatic ring is 1. The average molecular weight is 258 g/mol. The summed E-state index contributed by atoms with van der Waals surface area (Å²) in [4.78, 5) is 6.49. The Morgan fingerprint density at radius 3 is 2.74 bits per heavy atom. The molecule has 0 fully saturated rings. The maximum Gasteiger partial charge on any atom is 0.0630 e. The molecule has 0 aliphatic heterocycles. The third kappa shape index (κ3) is 3.15. The van der Waals surface area contributed by atoms with Crippen molar-refractivity contribution in [2.75, 3.05) is 37.2 Å². The molecule has 4 heteroatoms. The predicted molar refractivity (Wildman–Crippen MR) is 82.4 cm³/mol. The molecule has 2 aromatic rings. The van der Waals surface area contributed by atoms with Crippen LogP contribution in [0.4, 0.5) is 11.4 Å². The first-order chi connectivity index (χ1) is 9.26. The molecule has 0 aliphatic rings. The summed E-state index contributed by atoms with van der Waals surface area (Å²) in [5.74, 6) is 0. The molecule has 0 atom stereocenters. The molecule has 2 rings (SSSR count). The standard InChI is InChI=1S/C15H22N4/c1-3-19(4-2)10-9-18-14-6-5-12-11-17-8-7-13(12)15(14)16/h5-8,11,18H,3-4,9-10,16H2,1-2H3. The van der Waals surface area contributed by atoms with Gasteiger partial charge in [0.1, 0.15) is 0 Å². The van der Waals surface area contributed by atoms with Crippen LogP contribution in [0.2, 0.25) is 0 Å². The van der Waals surface area contributed by atoms with Gasteiger partial charge in [0.05, 0.1) is 11.4 Å². The predicted octanol–water partition coefficient (Wildman–Crippen LogP) is 2.57. The lowest BCUT2D eigenvalue weighted by Crippen LogP contribution is -2.28. The number of nitrogens with one attached hydrogen (secondary N) is 1. The second-order valence-corrected chi connectivity index (χ2v) is 4.58. The lowest BCUT2D eigenvalue weighted by molar-refractivity contribution is 0.316. The van der Waals surface area contributed by atoms with Crippen molar-refractivity contribution in [1.29, 1.82) is 0 Å². The SMILES string of the molecule is CCN(CC)CCNc1ccc2cnccc2c1N. The third-order valence-corrected chi connectivity index (χ3v) is 3.50. The summed E-state index contributed by atoms with van der Waals surface area (Å²) in [5, 5.41) is 5.55. The van der Waals surface area contributed by atoms with Gasteiger partial charge in [-0.05, 0) is 25.2 Å². The van der Waals surface area contributed by atoms with Crippen LogP contribution in [0, 0.1) is 0 Å². The molecule has 4 nitrogen and oxygen atoms in total. The van der Waals surface area contributed by atoms with E-state index in [9.17, 15) is 0 Å². The van der Waals surface area contributed by atoms with Crippen LogP contribution in [0.1, 0.15) is 13.8 Å². The van der Waals surface area contributed by atoms with E-state index in [-0.39, 0.29) is 0 Å². The number of likely N-dealkylation sites (N-methyl/N-ethyl adjacent to an activating group) is 1. The number of hydrogen-bond acceptors (Lipinski definition) is 4. The number of rotatable bonds is 6. The Balaban J connectivity index is 2.07. The number of fused-ring (bicyclic) bond motifs is 1. The zero-order valence-electron chi connectivity index (χ0n) is 11.7. The van der Waals surface area contributed by atoms with Gasteiger partial charge >= 0.3 is 0 Å². The number of pyridine rings is 1. The first kappa shape index (κ1) is 13.6. The molecule has 0 saturated heterocycles. The third-order valence-electron chi connectivity index (χ3n) is 3.50. The molecule has 19 heavy (non-hydrogen) atoms. The van der Waals surface area contributed by atoms with Gasteiger partial charge in [0.15, 0.2) is 0 Å². The van der Waals surface area contributed by atoms with Crippen molar-refractivity contribution in [3.05, 3.63) is 30.6 Å². The first-order valence-corrected chi connectivity index (χ1v) is 6.84. The van der Waals surface area contributed by atoms with Gasteiger partial charge in [-0.15, -0.1) is 0 Å². The normalized spacial score (nSPS) is 11.1. The van der Waals surface area contributed by atoms with E-state index in [1.165, 1.54) is 0 Å². The summed E-state index contributed by atoms with van der Waals surface area (Å²) in [6.45, 7) is 8.46. The minimum Gasteiger partial charge on any atom is -0.397 e. The summed E-state index contributed by atoms with van der Waals surface area (Å²) in [7, 11) is 0. The van der Waals surface area contributed by atoms with Crippen LogP contribution in [-0.4, -0.2) is 36.1 Å². The van der Waals surface area contributed by atoms with Gasteiger partial charge in [-0.25, -0.2) is 0 Å². The van der Waals surface area contributed by atoms with Crippen LogP contribution in [0.3, 0.4) is 0 Å². The van der Waals surface area contributed by atoms with Gasteiger partial charge in [0, 0.05) is 36.3 Å². The van der Waals surface area contributed by atoms with Crippen LogP contribution in [-0.2, 0) is 0 Å². The van der Waals surface area contributed by atoms with E-state index >= 15 is 0 Å². The van der Waals surface area contributed by atoms with E-state index in [1.807, 2.05) is 18.3 Å². The molecule has 0 saturated carbocycles. The van der Waals surface area contributed by atoms with Crippen molar-refractivity contribution in [1.82, 2.24) is 9.88 Å². The minimum atomic E-state index is 0.805. The Morgan fingerprint density at radius 2 is 2.00 bits per heavy atom.